The van der Waals surface area contributed by atoms with E-state index in [0.29, 0.717) is 0 Å². The standard InChI is InChI=1S/C11H10F3N3/c1-11(13,14)6-2-3-8(12)7(4-6)9-5-10(15)17-16-9/h2-5H,1H3,(H3,15,16,17). The summed E-state index contributed by atoms with van der Waals surface area (Å²) in [5.74, 6) is -3.46. The second-order valence-corrected chi connectivity index (χ2v) is 3.79. The van der Waals surface area contributed by atoms with Gasteiger partial charge in [-0.15, -0.1) is 0 Å². The van der Waals surface area contributed by atoms with Gasteiger partial charge in [0.05, 0.1) is 5.69 Å². The highest BCUT2D eigenvalue weighted by Gasteiger charge is 2.25. The number of nitrogen functional groups attached to an aromatic ring is 1. The summed E-state index contributed by atoms with van der Waals surface area (Å²) < 4.78 is 39.7. The minimum absolute atomic E-state index is 0.0215. The van der Waals surface area contributed by atoms with Crippen LogP contribution in [-0.2, 0) is 5.92 Å². The number of anilines is 1. The van der Waals surface area contributed by atoms with Gasteiger partial charge in [-0.05, 0) is 12.1 Å². The zero-order valence-corrected chi connectivity index (χ0v) is 8.97. The van der Waals surface area contributed by atoms with Crippen LogP contribution in [0.3, 0.4) is 0 Å². The molecule has 0 aliphatic heterocycles. The molecule has 0 amide bonds. The van der Waals surface area contributed by atoms with Crippen molar-refractivity contribution >= 4 is 5.82 Å². The van der Waals surface area contributed by atoms with Crippen molar-refractivity contribution in [3.8, 4) is 11.3 Å². The molecule has 0 spiro atoms. The van der Waals surface area contributed by atoms with E-state index in [-0.39, 0.29) is 22.6 Å². The molecule has 0 saturated heterocycles. The van der Waals surface area contributed by atoms with Crippen molar-refractivity contribution in [2.45, 2.75) is 12.8 Å². The zero-order chi connectivity index (χ0) is 12.6. The lowest BCUT2D eigenvalue weighted by atomic mass is 10.0. The molecule has 1 heterocycles. The third-order valence-electron chi connectivity index (χ3n) is 2.36. The Kier molecular flexibility index (Phi) is 2.57. The van der Waals surface area contributed by atoms with Crippen LogP contribution in [-0.4, -0.2) is 10.2 Å². The number of aromatic nitrogens is 2. The Morgan fingerprint density at radius 1 is 1.29 bits per heavy atom. The van der Waals surface area contributed by atoms with Gasteiger partial charge in [0.1, 0.15) is 11.6 Å². The summed E-state index contributed by atoms with van der Waals surface area (Å²) in [5, 5.41) is 6.11. The van der Waals surface area contributed by atoms with Crippen LogP contribution in [0.15, 0.2) is 24.3 Å². The first kappa shape index (κ1) is 11.5. The molecule has 0 unspecified atom stereocenters. The van der Waals surface area contributed by atoms with Crippen LogP contribution in [0.2, 0.25) is 0 Å². The van der Waals surface area contributed by atoms with Crippen molar-refractivity contribution in [1.82, 2.24) is 10.2 Å². The second kappa shape index (κ2) is 3.80. The molecule has 0 atom stereocenters. The third kappa shape index (κ3) is 2.25. The normalized spacial score (nSPS) is 11.8. The van der Waals surface area contributed by atoms with Crippen molar-refractivity contribution in [2.75, 3.05) is 5.73 Å². The van der Waals surface area contributed by atoms with Crippen LogP contribution in [0.4, 0.5) is 19.0 Å². The topological polar surface area (TPSA) is 54.7 Å². The van der Waals surface area contributed by atoms with Gasteiger partial charge in [-0.2, -0.15) is 5.10 Å². The van der Waals surface area contributed by atoms with E-state index in [1.165, 1.54) is 6.07 Å². The highest BCUT2D eigenvalue weighted by Crippen LogP contribution is 2.31. The first-order chi connectivity index (χ1) is 7.88. The van der Waals surface area contributed by atoms with Gasteiger partial charge in [-0.25, -0.2) is 13.2 Å². The number of H-pyrrole nitrogens is 1. The number of nitrogens with two attached hydrogens (primary N) is 1. The summed E-state index contributed by atoms with van der Waals surface area (Å²) >= 11 is 0. The number of rotatable bonds is 2. The predicted molar refractivity (Wildman–Crippen MR) is 58.0 cm³/mol. The number of nitrogens with zero attached hydrogens (tertiary/aromatic N) is 1. The van der Waals surface area contributed by atoms with Crippen molar-refractivity contribution < 1.29 is 13.2 Å². The summed E-state index contributed by atoms with van der Waals surface area (Å²) in [7, 11) is 0. The smallest absolute Gasteiger partial charge is 0.270 e. The number of benzene rings is 1. The maximum absolute atomic E-state index is 13.5. The number of aromatic amines is 1. The van der Waals surface area contributed by atoms with E-state index >= 15 is 0 Å². The average molecular weight is 241 g/mol. The van der Waals surface area contributed by atoms with Gasteiger partial charge in [0.15, 0.2) is 0 Å². The maximum Gasteiger partial charge on any atom is 0.270 e. The lowest BCUT2D eigenvalue weighted by Gasteiger charge is -2.11. The fraction of sp³-hybridized carbons (Fsp3) is 0.182. The molecule has 0 radical (unpaired) electrons. The summed E-state index contributed by atoms with van der Waals surface area (Å²) in [6.45, 7) is 0.755. The Hall–Kier alpha value is -1.98. The zero-order valence-electron chi connectivity index (χ0n) is 8.97. The van der Waals surface area contributed by atoms with E-state index in [9.17, 15) is 13.2 Å². The number of alkyl halides is 2. The van der Waals surface area contributed by atoms with E-state index in [2.05, 4.69) is 10.2 Å². The number of halogens is 3. The maximum atomic E-state index is 13.5. The fourth-order valence-electron chi connectivity index (χ4n) is 1.48. The summed E-state index contributed by atoms with van der Waals surface area (Å²) in [6.07, 6.45) is 0. The fourth-order valence-corrected chi connectivity index (χ4v) is 1.48. The molecule has 2 aromatic rings. The van der Waals surface area contributed by atoms with Gasteiger partial charge in [-0.3, -0.25) is 5.10 Å². The molecule has 0 fully saturated rings. The summed E-state index contributed by atoms with van der Waals surface area (Å²) in [6, 6.07) is 4.52. The largest absolute Gasteiger partial charge is 0.382 e. The molecule has 17 heavy (non-hydrogen) atoms. The lowest BCUT2D eigenvalue weighted by molar-refractivity contribution is 0.0174. The highest BCUT2D eigenvalue weighted by atomic mass is 19.3. The van der Waals surface area contributed by atoms with E-state index in [4.69, 9.17) is 5.73 Å². The minimum atomic E-state index is -3.02. The van der Waals surface area contributed by atoms with Crippen molar-refractivity contribution in [3.05, 3.63) is 35.6 Å². The van der Waals surface area contributed by atoms with Gasteiger partial charge >= 0.3 is 0 Å². The molecule has 0 aliphatic carbocycles. The average Bonchev–Trinajstić information content (AvgIpc) is 2.63. The van der Waals surface area contributed by atoms with E-state index in [1.807, 2.05) is 0 Å². The molecule has 90 valence electrons. The van der Waals surface area contributed by atoms with Crippen LogP contribution in [0.25, 0.3) is 11.3 Å². The number of nitrogens with one attached hydrogen (secondary N) is 1. The van der Waals surface area contributed by atoms with Crippen LogP contribution >= 0.6 is 0 Å². The molecule has 3 N–H and O–H groups in total. The van der Waals surface area contributed by atoms with E-state index in [1.54, 1.807) is 0 Å². The van der Waals surface area contributed by atoms with Gasteiger partial charge in [0, 0.05) is 24.1 Å². The number of hydrogen-bond acceptors (Lipinski definition) is 2. The Balaban J connectivity index is 2.54. The molecule has 0 aliphatic rings. The van der Waals surface area contributed by atoms with Gasteiger partial charge in [0.25, 0.3) is 5.92 Å². The molecule has 2 rings (SSSR count). The monoisotopic (exact) mass is 241 g/mol. The van der Waals surface area contributed by atoms with Crippen LogP contribution in [0.5, 0.6) is 0 Å². The first-order valence-electron chi connectivity index (χ1n) is 4.87. The van der Waals surface area contributed by atoms with E-state index in [0.717, 1.165) is 25.1 Å². The molecule has 0 bridgehead atoms. The molecule has 1 aromatic heterocycles. The third-order valence-corrected chi connectivity index (χ3v) is 2.36. The molecular weight excluding hydrogens is 231 g/mol. The van der Waals surface area contributed by atoms with Gasteiger partial charge < -0.3 is 5.73 Å². The molecular formula is C11H10F3N3. The highest BCUT2D eigenvalue weighted by molar-refractivity contribution is 5.63. The minimum Gasteiger partial charge on any atom is -0.382 e. The quantitative estimate of drug-likeness (QED) is 0.849. The Morgan fingerprint density at radius 2 is 2.00 bits per heavy atom. The SMILES string of the molecule is CC(F)(F)c1ccc(F)c(-c2cc(N)n[nH]2)c1. The van der Waals surface area contributed by atoms with Crippen molar-refractivity contribution in [1.29, 1.82) is 0 Å². The van der Waals surface area contributed by atoms with Crippen molar-refractivity contribution in [2.24, 2.45) is 0 Å². The van der Waals surface area contributed by atoms with Gasteiger partial charge in [0.2, 0.25) is 0 Å². The van der Waals surface area contributed by atoms with Crippen molar-refractivity contribution in [3.63, 3.8) is 0 Å². The van der Waals surface area contributed by atoms with Crippen LogP contribution < -0.4 is 5.73 Å². The lowest BCUT2D eigenvalue weighted by Crippen LogP contribution is -2.07. The second-order valence-electron chi connectivity index (χ2n) is 3.79. The summed E-state index contributed by atoms with van der Waals surface area (Å²) in [5.41, 5.74) is 5.41. The van der Waals surface area contributed by atoms with Gasteiger partial charge in [-0.1, -0.05) is 6.07 Å². The molecule has 1 aromatic carbocycles. The Labute approximate surface area is 95.5 Å². The number of hydrogen-bond donors (Lipinski definition) is 2. The molecule has 3 nitrogen and oxygen atoms in total. The molecule has 6 heteroatoms. The summed E-state index contributed by atoms with van der Waals surface area (Å²) in [4.78, 5) is 0. The predicted octanol–water partition coefficient (Wildman–Crippen LogP) is 2.91. The Bertz CT molecular complexity index is 543. The van der Waals surface area contributed by atoms with Crippen LogP contribution in [0, 0.1) is 5.82 Å². The van der Waals surface area contributed by atoms with E-state index < -0.39 is 11.7 Å². The first-order valence-corrected chi connectivity index (χ1v) is 4.87. The Morgan fingerprint density at radius 3 is 2.53 bits per heavy atom. The molecule has 0 saturated carbocycles. The van der Waals surface area contributed by atoms with Crippen LogP contribution in [0.1, 0.15) is 12.5 Å².